The summed E-state index contributed by atoms with van der Waals surface area (Å²) in [6, 6.07) is 2.28. The smallest absolute Gasteiger partial charge is 0.323 e. The zero-order valence-electron chi connectivity index (χ0n) is 12.3. The molecular formula is C14H26N2O2. The van der Waals surface area contributed by atoms with Gasteiger partial charge in [-0.15, -0.1) is 0 Å². The lowest BCUT2D eigenvalue weighted by molar-refractivity contribution is -0.149. The van der Waals surface area contributed by atoms with Crippen LogP contribution in [0.5, 0.6) is 0 Å². The lowest BCUT2D eigenvalue weighted by Gasteiger charge is -2.34. The number of nitriles is 1. The van der Waals surface area contributed by atoms with E-state index in [0.717, 1.165) is 32.4 Å². The van der Waals surface area contributed by atoms with Gasteiger partial charge in [-0.1, -0.05) is 13.3 Å². The summed E-state index contributed by atoms with van der Waals surface area (Å²) >= 11 is 0. The molecule has 0 bridgehead atoms. The van der Waals surface area contributed by atoms with Crippen molar-refractivity contribution in [2.24, 2.45) is 5.41 Å². The van der Waals surface area contributed by atoms with E-state index in [0.29, 0.717) is 0 Å². The maximum atomic E-state index is 11.2. The average Bonchev–Trinajstić information content (AvgIpc) is 2.28. The van der Waals surface area contributed by atoms with E-state index >= 15 is 0 Å². The molecule has 0 aromatic rings. The fraction of sp³-hybridized carbons (Fsp3) is 0.857. The highest BCUT2D eigenvalue weighted by Crippen LogP contribution is 2.22. The molecule has 0 fully saturated rings. The first kappa shape index (κ1) is 16.9. The van der Waals surface area contributed by atoms with E-state index in [1.54, 1.807) is 13.8 Å². The molecule has 0 rings (SSSR count). The summed E-state index contributed by atoms with van der Waals surface area (Å²) in [5.41, 5.74) is -1.10. The van der Waals surface area contributed by atoms with Crippen LogP contribution in [0.25, 0.3) is 0 Å². The fourth-order valence-corrected chi connectivity index (χ4v) is 1.89. The monoisotopic (exact) mass is 254 g/mol. The van der Waals surface area contributed by atoms with Crippen molar-refractivity contribution in [3.63, 3.8) is 0 Å². The molecule has 18 heavy (non-hydrogen) atoms. The largest absolute Gasteiger partial charge is 0.480 e. The van der Waals surface area contributed by atoms with E-state index in [4.69, 9.17) is 5.26 Å². The number of hydrogen-bond donors (Lipinski definition) is 1. The Balaban J connectivity index is 4.20. The number of rotatable bonds is 8. The van der Waals surface area contributed by atoms with E-state index in [2.05, 4.69) is 6.07 Å². The summed E-state index contributed by atoms with van der Waals surface area (Å²) in [6.07, 6.45) is 2.73. The molecule has 0 aromatic carbocycles. The van der Waals surface area contributed by atoms with Crippen molar-refractivity contribution in [3.8, 4) is 6.07 Å². The van der Waals surface area contributed by atoms with Gasteiger partial charge in [-0.3, -0.25) is 9.69 Å². The number of nitrogens with zero attached hydrogens (tertiary/aromatic N) is 2. The van der Waals surface area contributed by atoms with Gasteiger partial charge in [0.05, 0.1) is 11.5 Å². The van der Waals surface area contributed by atoms with Gasteiger partial charge in [0, 0.05) is 0 Å². The molecule has 0 heterocycles. The van der Waals surface area contributed by atoms with Gasteiger partial charge < -0.3 is 5.11 Å². The molecule has 0 spiro atoms. The topological polar surface area (TPSA) is 64.3 Å². The molecule has 0 radical (unpaired) electrons. The molecule has 4 heteroatoms. The normalized spacial score (nSPS) is 12.5. The van der Waals surface area contributed by atoms with Crippen molar-refractivity contribution in [3.05, 3.63) is 0 Å². The predicted octanol–water partition coefficient (Wildman–Crippen LogP) is 2.89. The Morgan fingerprint density at radius 1 is 1.28 bits per heavy atom. The predicted molar refractivity (Wildman–Crippen MR) is 72.2 cm³/mol. The van der Waals surface area contributed by atoms with E-state index in [1.165, 1.54) is 0 Å². The summed E-state index contributed by atoms with van der Waals surface area (Å²) in [7, 11) is 0. The van der Waals surface area contributed by atoms with E-state index in [9.17, 15) is 9.90 Å². The molecule has 0 aromatic heterocycles. The first-order valence-corrected chi connectivity index (χ1v) is 6.57. The van der Waals surface area contributed by atoms with Gasteiger partial charge in [0.25, 0.3) is 0 Å². The van der Waals surface area contributed by atoms with Crippen molar-refractivity contribution >= 4 is 5.97 Å². The maximum absolute atomic E-state index is 11.2. The molecule has 1 N–H and O–H groups in total. The van der Waals surface area contributed by atoms with Gasteiger partial charge in [-0.25, -0.2) is 0 Å². The number of hydrogen-bond acceptors (Lipinski definition) is 3. The lowest BCUT2D eigenvalue weighted by atomic mass is 9.89. The summed E-state index contributed by atoms with van der Waals surface area (Å²) < 4.78 is 0. The molecule has 4 nitrogen and oxygen atoms in total. The third kappa shape index (κ3) is 5.05. The van der Waals surface area contributed by atoms with Crippen LogP contribution < -0.4 is 0 Å². The van der Waals surface area contributed by atoms with Gasteiger partial charge in [-0.2, -0.15) is 5.26 Å². The van der Waals surface area contributed by atoms with Crippen LogP contribution in [0.2, 0.25) is 0 Å². The summed E-state index contributed by atoms with van der Waals surface area (Å²) in [5.74, 6) is -0.790. The maximum Gasteiger partial charge on any atom is 0.323 e. The van der Waals surface area contributed by atoms with Crippen LogP contribution in [0.4, 0.5) is 0 Å². The Bertz CT molecular complexity index is 316. The first-order valence-electron chi connectivity index (χ1n) is 6.57. The number of carboxylic acid groups (broad SMARTS) is 1. The Morgan fingerprint density at radius 2 is 1.83 bits per heavy atom. The lowest BCUT2D eigenvalue weighted by Crippen LogP contribution is -2.50. The Morgan fingerprint density at radius 3 is 2.22 bits per heavy atom. The quantitative estimate of drug-likeness (QED) is 0.676. The van der Waals surface area contributed by atoms with Crippen molar-refractivity contribution in [1.82, 2.24) is 4.90 Å². The van der Waals surface area contributed by atoms with E-state index in [1.807, 2.05) is 25.7 Å². The Kier molecular flexibility index (Phi) is 6.34. The highest BCUT2D eigenvalue weighted by molar-refractivity contribution is 5.77. The molecule has 104 valence electrons. The Hall–Kier alpha value is -1.08. The van der Waals surface area contributed by atoms with E-state index < -0.39 is 11.5 Å². The number of carboxylic acids is 1. The molecule has 0 aliphatic rings. The van der Waals surface area contributed by atoms with Crippen LogP contribution in [0.15, 0.2) is 0 Å². The zero-order valence-corrected chi connectivity index (χ0v) is 12.3. The second-order valence-electron chi connectivity index (χ2n) is 5.90. The number of aliphatic carboxylic acids is 1. The molecule has 0 atom stereocenters. The molecular weight excluding hydrogens is 228 g/mol. The van der Waals surface area contributed by atoms with Crippen LogP contribution >= 0.6 is 0 Å². The highest BCUT2D eigenvalue weighted by atomic mass is 16.4. The SMILES string of the molecule is CCN(CCCCC(C)(C)C#N)C(C)(C)C(=O)O. The summed E-state index contributed by atoms with van der Waals surface area (Å²) in [4.78, 5) is 13.1. The fourth-order valence-electron chi connectivity index (χ4n) is 1.89. The summed E-state index contributed by atoms with van der Waals surface area (Å²) in [5, 5.41) is 18.1. The number of carbonyl (C=O) groups is 1. The van der Waals surface area contributed by atoms with Crippen LogP contribution in [0, 0.1) is 16.7 Å². The third-order valence-corrected chi connectivity index (χ3v) is 3.48. The van der Waals surface area contributed by atoms with Crippen LogP contribution in [0.3, 0.4) is 0 Å². The van der Waals surface area contributed by atoms with Crippen molar-refractivity contribution in [1.29, 1.82) is 5.26 Å². The minimum Gasteiger partial charge on any atom is -0.480 e. The molecule has 0 aliphatic heterocycles. The van der Waals surface area contributed by atoms with Crippen molar-refractivity contribution in [2.75, 3.05) is 13.1 Å². The van der Waals surface area contributed by atoms with E-state index in [-0.39, 0.29) is 5.41 Å². The van der Waals surface area contributed by atoms with Crippen LogP contribution in [0.1, 0.15) is 53.9 Å². The molecule has 0 aliphatic carbocycles. The first-order chi connectivity index (χ1) is 8.17. The number of unbranched alkanes of at least 4 members (excludes halogenated alkanes) is 1. The Labute approximate surface area is 111 Å². The molecule has 0 amide bonds. The van der Waals surface area contributed by atoms with Gasteiger partial charge in [0.15, 0.2) is 0 Å². The molecule has 0 saturated heterocycles. The molecule has 0 unspecified atom stereocenters. The standard InChI is InChI=1S/C14H26N2O2/c1-6-16(14(4,5)12(17)18)10-8-7-9-13(2,3)11-15/h6-10H2,1-5H3,(H,17,18). The minimum atomic E-state index is -0.820. The van der Waals surface area contributed by atoms with Crippen LogP contribution in [-0.4, -0.2) is 34.6 Å². The molecule has 0 saturated carbocycles. The van der Waals surface area contributed by atoms with Gasteiger partial charge >= 0.3 is 5.97 Å². The third-order valence-electron chi connectivity index (χ3n) is 3.48. The zero-order chi connectivity index (χ0) is 14.4. The van der Waals surface area contributed by atoms with Gasteiger partial charge in [0.2, 0.25) is 0 Å². The summed E-state index contributed by atoms with van der Waals surface area (Å²) in [6.45, 7) is 10.8. The minimum absolute atomic E-state index is 0.278. The van der Waals surface area contributed by atoms with Crippen LogP contribution in [-0.2, 0) is 4.79 Å². The van der Waals surface area contributed by atoms with Crippen molar-refractivity contribution < 1.29 is 9.90 Å². The number of likely N-dealkylation sites (N-methyl/N-ethyl adjacent to an activating group) is 1. The van der Waals surface area contributed by atoms with Gasteiger partial charge in [-0.05, 0) is 53.6 Å². The average molecular weight is 254 g/mol. The van der Waals surface area contributed by atoms with Crippen molar-refractivity contribution in [2.45, 2.75) is 59.4 Å². The second kappa shape index (κ2) is 6.75. The van der Waals surface area contributed by atoms with Gasteiger partial charge in [0.1, 0.15) is 5.54 Å². The highest BCUT2D eigenvalue weighted by Gasteiger charge is 2.33. The second-order valence-corrected chi connectivity index (χ2v) is 5.90.